The Bertz CT molecular complexity index is 1120. The second-order valence-corrected chi connectivity index (χ2v) is 9.61. The minimum Gasteiger partial charge on any atom is -0.491 e. The summed E-state index contributed by atoms with van der Waals surface area (Å²) in [6, 6.07) is 7.07. The number of ether oxygens (including phenoxy) is 2. The molecule has 2 aromatic rings. The molecule has 1 aliphatic heterocycles. The zero-order chi connectivity index (χ0) is 25.0. The molecule has 2 heterocycles. The van der Waals surface area contributed by atoms with Gasteiger partial charge in [-0.3, -0.25) is 9.48 Å². The van der Waals surface area contributed by atoms with E-state index in [0.717, 1.165) is 16.5 Å². The highest BCUT2D eigenvalue weighted by atomic mass is 31.0. The summed E-state index contributed by atoms with van der Waals surface area (Å²) in [4.78, 5) is 29.4. The zero-order valence-corrected chi connectivity index (χ0v) is 21.4. The number of allylic oxidation sites excluding steroid dienone is 2. The second-order valence-electron chi connectivity index (χ2n) is 8.74. The number of rotatable bonds is 10. The maximum Gasteiger partial charge on any atom is 0.332 e. The Kier molecular flexibility index (Phi) is 7.89. The lowest BCUT2D eigenvalue weighted by Gasteiger charge is -2.27. The summed E-state index contributed by atoms with van der Waals surface area (Å²) >= 11 is 0. The van der Waals surface area contributed by atoms with Crippen molar-refractivity contribution in [3.63, 3.8) is 0 Å². The molecule has 0 aliphatic carbocycles. The maximum atomic E-state index is 13.4. The van der Waals surface area contributed by atoms with Gasteiger partial charge in [0.05, 0.1) is 25.0 Å². The minimum atomic E-state index is -1.03. The number of urea groups is 1. The molecule has 1 aliphatic rings. The van der Waals surface area contributed by atoms with E-state index in [9.17, 15) is 9.59 Å². The molecule has 10 heteroatoms. The Balaban J connectivity index is 1.81. The van der Waals surface area contributed by atoms with Gasteiger partial charge in [-0.25, -0.2) is 9.69 Å². The van der Waals surface area contributed by atoms with Crippen molar-refractivity contribution in [3.8, 4) is 5.75 Å². The number of carbonyl (C=O) groups excluding carboxylic acids is 2. The van der Waals surface area contributed by atoms with Crippen molar-refractivity contribution in [2.45, 2.75) is 46.3 Å². The van der Waals surface area contributed by atoms with Crippen LogP contribution in [0.2, 0.25) is 0 Å². The van der Waals surface area contributed by atoms with Gasteiger partial charge in [0, 0.05) is 25.6 Å². The van der Waals surface area contributed by atoms with E-state index in [0.29, 0.717) is 36.9 Å². The van der Waals surface area contributed by atoms with Crippen LogP contribution in [0.5, 0.6) is 5.75 Å². The molecule has 0 saturated carbocycles. The van der Waals surface area contributed by atoms with E-state index in [2.05, 4.69) is 14.3 Å². The monoisotopic (exact) mass is 485 g/mol. The van der Waals surface area contributed by atoms with Crippen LogP contribution in [0.4, 0.5) is 10.5 Å². The summed E-state index contributed by atoms with van der Waals surface area (Å²) in [5.41, 5.74) is 1.51. The third-order valence-electron chi connectivity index (χ3n) is 5.75. The number of imide groups is 1. The van der Waals surface area contributed by atoms with Crippen molar-refractivity contribution in [1.29, 1.82) is 5.41 Å². The third kappa shape index (κ3) is 5.37. The number of benzene rings is 1. The van der Waals surface area contributed by atoms with Gasteiger partial charge >= 0.3 is 6.03 Å². The molecule has 0 bridgehead atoms. The topological polar surface area (TPSA) is 101 Å². The molecule has 1 N–H and O–H groups in total. The Morgan fingerprint density at radius 3 is 2.59 bits per heavy atom. The Hall–Kier alpha value is -3.03. The van der Waals surface area contributed by atoms with Crippen molar-refractivity contribution in [3.05, 3.63) is 53.1 Å². The van der Waals surface area contributed by atoms with Gasteiger partial charge in [0.25, 0.3) is 5.91 Å². The summed E-state index contributed by atoms with van der Waals surface area (Å²) < 4.78 is 12.3. The van der Waals surface area contributed by atoms with Gasteiger partial charge in [-0.15, -0.1) is 9.24 Å². The number of carbonyl (C=O) groups is 2. The molecule has 1 aromatic carbocycles. The molecule has 1 saturated heterocycles. The lowest BCUT2D eigenvalue weighted by atomic mass is 10.0. The molecule has 182 valence electrons. The molecule has 1 atom stereocenters. The SMILES string of the molecule is COCCOc1cccc(CN2C(=O)N(c3cnn(CC(C(C)=N)=C(C)P)c3)C(=O)C2(C)C)c1. The van der Waals surface area contributed by atoms with E-state index in [-0.39, 0.29) is 12.5 Å². The van der Waals surface area contributed by atoms with Crippen LogP contribution in [-0.2, 0) is 22.6 Å². The van der Waals surface area contributed by atoms with Crippen LogP contribution in [0.1, 0.15) is 33.3 Å². The third-order valence-corrected chi connectivity index (χ3v) is 6.09. The molecule has 1 unspecified atom stereocenters. The van der Waals surface area contributed by atoms with E-state index >= 15 is 0 Å². The van der Waals surface area contributed by atoms with Crippen molar-refractivity contribution in [2.24, 2.45) is 0 Å². The largest absolute Gasteiger partial charge is 0.491 e. The van der Waals surface area contributed by atoms with Crippen LogP contribution in [0.3, 0.4) is 0 Å². The molecule has 1 fully saturated rings. The van der Waals surface area contributed by atoms with Gasteiger partial charge in [0.2, 0.25) is 0 Å². The average Bonchev–Trinajstić information content (AvgIpc) is 3.29. The summed E-state index contributed by atoms with van der Waals surface area (Å²) in [6.07, 6.45) is 3.17. The molecule has 0 radical (unpaired) electrons. The number of methoxy groups -OCH3 is 1. The summed E-state index contributed by atoms with van der Waals surface area (Å²) in [6.45, 7) is 8.66. The van der Waals surface area contributed by atoms with Gasteiger partial charge in [0.15, 0.2) is 0 Å². The van der Waals surface area contributed by atoms with Crippen LogP contribution in [0.25, 0.3) is 0 Å². The van der Waals surface area contributed by atoms with E-state index in [1.54, 1.807) is 43.7 Å². The zero-order valence-electron chi connectivity index (χ0n) is 20.3. The first kappa shape index (κ1) is 25.6. The van der Waals surface area contributed by atoms with Gasteiger partial charge in [-0.1, -0.05) is 12.1 Å². The number of nitrogens with zero attached hydrogens (tertiary/aromatic N) is 4. The smallest absolute Gasteiger partial charge is 0.332 e. The van der Waals surface area contributed by atoms with Crippen molar-refractivity contribution in [2.75, 3.05) is 25.2 Å². The standard InChI is InChI=1S/C24H32N5O4P/c1-16(25)21(17(2)34)15-27-14-19(12-26-27)29-22(30)24(3,4)28(23(29)31)13-18-7-6-8-20(11-18)33-10-9-32-5/h6-8,11-12,14,25H,9-10,13,15,34H2,1-5H3. The highest BCUT2D eigenvalue weighted by Gasteiger charge is 2.52. The quantitative estimate of drug-likeness (QED) is 0.239. The molecule has 9 nitrogen and oxygen atoms in total. The summed E-state index contributed by atoms with van der Waals surface area (Å²) in [7, 11) is 4.22. The fraction of sp³-hybridized carbons (Fsp3) is 0.417. The minimum absolute atomic E-state index is 0.260. The predicted molar refractivity (Wildman–Crippen MR) is 134 cm³/mol. The number of aromatic nitrogens is 2. The number of anilines is 1. The van der Waals surface area contributed by atoms with Gasteiger partial charge in [-0.2, -0.15) is 5.10 Å². The molecule has 0 spiro atoms. The fourth-order valence-electron chi connectivity index (χ4n) is 3.74. The Labute approximate surface area is 202 Å². The van der Waals surface area contributed by atoms with Gasteiger partial charge in [0.1, 0.15) is 17.9 Å². The maximum absolute atomic E-state index is 13.4. The molecule has 1 aromatic heterocycles. The fourth-order valence-corrected chi connectivity index (χ4v) is 4.05. The lowest BCUT2D eigenvalue weighted by Crippen LogP contribution is -2.43. The first-order chi connectivity index (χ1) is 16.1. The van der Waals surface area contributed by atoms with Crippen molar-refractivity contribution < 1.29 is 19.1 Å². The molecular weight excluding hydrogens is 453 g/mol. The van der Waals surface area contributed by atoms with E-state index in [4.69, 9.17) is 14.9 Å². The highest BCUT2D eigenvalue weighted by Crippen LogP contribution is 2.33. The van der Waals surface area contributed by atoms with Crippen LogP contribution < -0.4 is 9.64 Å². The number of hydrogen-bond acceptors (Lipinski definition) is 6. The van der Waals surface area contributed by atoms with Crippen LogP contribution >= 0.6 is 9.24 Å². The van der Waals surface area contributed by atoms with Crippen LogP contribution in [0.15, 0.2) is 47.5 Å². The lowest BCUT2D eigenvalue weighted by molar-refractivity contribution is -0.123. The first-order valence-corrected chi connectivity index (χ1v) is 11.5. The van der Waals surface area contributed by atoms with Crippen molar-refractivity contribution >= 4 is 32.6 Å². The molecule has 3 rings (SSSR count). The molecule has 3 amide bonds. The predicted octanol–water partition coefficient (Wildman–Crippen LogP) is 3.84. The van der Waals surface area contributed by atoms with E-state index < -0.39 is 11.6 Å². The Morgan fingerprint density at radius 1 is 1.21 bits per heavy atom. The van der Waals surface area contributed by atoms with Crippen LogP contribution in [0, 0.1) is 5.41 Å². The average molecular weight is 486 g/mol. The summed E-state index contributed by atoms with van der Waals surface area (Å²) in [5, 5.41) is 13.2. The highest BCUT2D eigenvalue weighted by molar-refractivity contribution is 7.22. The molecule has 34 heavy (non-hydrogen) atoms. The van der Waals surface area contributed by atoms with Gasteiger partial charge in [-0.05, 0) is 56.3 Å². The first-order valence-electron chi connectivity index (χ1n) is 11.0. The number of amides is 3. The summed E-state index contributed by atoms with van der Waals surface area (Å²) in [5.74, 6) is 0.365. The number of hydrogen-bond donors (Lipinski definition) is 1. The van der Waals surface area contributed by atoms with Crippen molar-refractivity contribution in [1.82, 2.24) is 14.7 Å². The van der Waals surface area contributed by atoms with E-state index in [1.807, 2.05) is 31.2 Å². The number of nitrogens with one attached hydrogen (secondary N) is 1. The van der Waals surface area contributed by atoms with Gasteiger partial charge < -0.3 is 19.8 Å². The van der Waals surface area contributed by atoms with Crippen LogP contribution in [-0.4, -0.2) is 58.2 Å². The normalized spacial score (nSPS) is 16.2. The molecular formula is C24H32N5O4P. The Morgan fingerprint density at radius 2 is 1.94 bits per heavy atom. The van der Waals surface area contributed by atoms with E-state index in [1.165, 1.54) is 11.1 Å². The second kappa shape index (κ2) is 10.5.